The average Bonchev–Trinajstić information content (AvgIpc) is 2.53. The zero-order valence-corrected chi connectivity index (χ0v) is 12.2. The molecule has 2 rings (SSSR count). The SMILES string of the molecule is COc1ccc(/C=N/S(=O)(=O)/N=C/c2ccccc2)cc1. The van der Waals surface area contributed by atoms with Gasteiger partial charge in [0.1, 0.15) is 5.75 Å². The minimum Gasteiger partial charge on any atom is -0.497 e. The van der Waals surface area contributed by atoms with Crippen LogP contribution in [0.2, 0.25) is 0 Å². The molecule has 2 aromatic carbocycles. The van der Waals surface area contributed by atoms with E-state index < -0.39 is 10.2 Å². The van der Waals surface area contributed by atoms with Crippen LogP contribution in [0.15, 0.2) is 63.4 Å². The summed E-state index contributed by atoms with van der Waals surface area (Å²) in [5.41, 5.74) is 1.34. The molecule has 0 heterocycles. The number of rotatable bonds is 5. The molecule has 0 radical (unpaired) electrons. The summed E-state index contributed by atoms with van der Waals surface area (Å²) in [5, 5.41) is 0. The second-order valence-corrected chi connectivity index (χ2v) is 5.42. The monoisotopic (exact) mass is 302 g/mol. The maximum atomic E-state index is 11.7. The van der Waals surface area contributed by atoms with E-state index in [0.29, 0.717) is 16.9 Å². The fourth-order valence-corrected chi connectivity index (χ4v) is 2.08. The fourth-order valence-electron chi connectivity index (χ4n) is 1.51. The minimum absolute atomic E-state index is 0.647. The van der Waals surface area contributed by atoms with E-state index >= 15 is 0 Å². The molecule has 2 aromatic rings. The van der Waals surface area contributed by atoms with Crippen molar-refractivity contribution in [1.82, 2.24) is 0 Å². The molecule has 108 valence electrons. The Balaban J connectivity index is 2.09. The molecule has 0 aliphatic heterocycles. The molecule has 21 heavy (non-hydrogen) atoms. The van der Waals surface area contributed by atoms with Crippen molar-refractivity contribution < 1.29 is 13.2 Å². The number of methoxy groups -OCH3 is 1. The first-order valence-electron chi connectivity index (χ1n) is 6.14. The number of nitrogens with zero attached hydrogens (tertiary/aromatic N) is 2. The van der Waals surface area contributed by atoms with E-state index in [1.54, 1.807) is 55.6 Å². The summed E-state index contributed by atoms with van der Waals surface area (Å²) in [7, 11) is -2.32. The van der Waals surface area contributed by atoms with Gasteiger partial charge in [-0.15, -0.1) is 0 Å². The van der Waals surface area contributed by atoms with Crippen LogP contribution in [0.1, 0.15) is 11.1 Å². The number of hydrogen-bond donors (Lipinski definition) is 0. The van der Waals surface area contributed by atoms with Gasteiger partial charge in [-0.2, -0.15) is 17.2 Å². The highest BCUT2D eigenvalue weighted by Crippen LogP contribution is 2.10. The third-order valence-electron chi connectivity index (χ3n) is 2.59. The van der Waals surface area contributed by atoms with Crippen molar-refractivity contribution in [2.45, 2.75) is 0 Å². The van der Waals surface area contributed by atoms with Crippen LogP contribution in [0, 0.1) is 0 Å². The molecule has 5 nitrogen and oxygen atoms in total. The summed E-state index contributed by atoms with van der Waals surface area (Å²) in [6.45, 7) is 0. The van der Waals surface area contributed by atoms with Crippen LogP contribution in [-0.2, 0) is 10.2 Å². The predicted octanol–water partition coefficient (Wildman–Crippen LogP) is 2.48. The molecule has 0 bridgehead atoms. The molecule has 0 atom stereocenters. The predicted molar refractivity (Wildman–Crippen MR) is 83.5 cm³/mol. The zero-order chi connectivity index (χ0) is 15.1. The minimum atomic E-state index is -3.89. The zero-order valence-electron chi connectivity index (χ0n) is 11.4. The van der Waals surface area contributed by atoms with Crippen molar-refractivity contribution in [3.05, 3.63) is 65.7 Å². The van der Waals surface area contributed by atoms with Crippen molar-refractivity contribution in [3.8, 4) is 5.75 Å². The lowest BCUT2D eigenvalue weighted by molar-refractivity contribution is 0.415. The Hall–Kier alpha value is -2.47. The first-order valence-corrected chi connectivity index (χ1v) is 7.53. The van der Waals surface area contributed by atoms with Crippen molar-refractivity contribution in [2.75, 3.05) is 7.11 Å². The van der Waals surface area contributed by atoms with Gasteiger partial charge in [0.25, 0.3) is 0 Å². The molecule has 0 saturated carbocycles. The number of ether oxygens (including phenoxy) is 1. The maximum Gasteiger partial charge on any atom is 0.362 e. The molecule has 0 aliphatic carbocycles. The summed E-state index contributed by atoms with van der Waals surface area (Å²) >= 11 is 0. The summed E-state index contributed by atoms with van der Waals surface area (Å²) in [6.07, 6.45) is 2.51. The maximum absolute atomic E-state index is 11.7. The van der Waals surface area contributed by atoms with E-state index in [1.165, 1.54) is 12.4 Å². The largest absolute Gasteiger partial charge is 0.497 e. The summed E-state index contributed by atoms with van der Waals surface area (Å²) < 4.78 is 35.4. The summed E-state index contributed by atoms with van der Waals surface area (Å²) in [6, 6.07) is 15.8. The van der Waals surface area contributed by atoms with Gasteiger partial charge in [-0.05, 0) is 35.4 Å². The Morgan fingerprint density at radius 2 is 1.38 bits per heavy atom. The Kier molecular flexibility index (Phi) is 4.84. The van der Waals surface area contributed by atoms with Gasteiger partial charge >= 0.3 is 10.2 Å². The molecular weight excluding hydrogens is 288 g/mol. The molecule has 0 fully saturated rings. The molecule has 0 spiro atoms. The molecule has 0 aromatic heterocycles. The highest BCUT2D eigenvalue weighted by Gasteiger charge is 2.02. The third-order valence-corrected chi connectivity index (χ3v) is 3.33. The lowest BCUT2D eigenvalue weighted by Gasteiger charge is -1.98. The second kappa shape index (κ2) is 6.81. The Labute approximate surface area is 123 Å². The number of benzene rings is 2. The van der Waals surface area contributed by atoms with Gasteiger partial charge in [-0.25, -0.2) is 0 Å². The lowest BCUT2D eigenvalue weighted by atomic mass is 10.2. The van der Waals surface area contributed by atoms with E-state index in [-0.39, 0.29) is 0 Å². The topological polar surface area (TPSA) is 68.1 Å². The van der Waals surface area contributed by atoms with Crippen LogP contribution < -0.4 is 4.74 Å². The summed E-state index contributed by atoms with van der Waals surface area (Å²) in [5.74, 6) is 0.692. The molecular formula is C15H14N2O3S. The van der Waals surface area contributed by atoms with Gasteiger partial charge in [0.05, 0.1) is 7.11 Å². The quantitative estimate of drug-likeness (QED) is 0.797. The Morgan fingerprint density at radius 1 is 0.857 bits per heavy atom. The molecule has 0 saturated heterocycles. The smallest absolute Gasteiger partial charge is 0.362 e. The number of hydrogen-bond acceptors (Lipinski definition) is 3. The van der Waals surface area contributed by atoms with Crippen LogP contribution in [0.25, 0.3) is 0 Å². The second-order valence-electron chi connectivity index (χ2n) is 4.10. The van der Waals surface area contributed by atoms with E-state index in [2.05, 4.69) is 8.80 Å². The molecule has 0 amide bonds. The van der Waals surface area contributed by atoms with Gasteiger partial charge in [-0.3, -0.25) is 0 Å². The standard InChI is InChI=1S/C15H14N2O3S/c1-20-15-9-7-14(8-10-15)12-17-21(18,19)16-11-13-5-3-2-4-6-13/h2-12H,1H3/b16-11+,17-12+. The van der Waals surface area contributed by atoms with E-state index in [0.717, 1.165) is 0 Å². The fraction of sp³-hybridized carbons (Fsp3) is 0.0667. The van der Waals surface area contributed by atoms with E-state index in [1.807, 2.05) is 6.07 Å². The molecule has 0 unspecified atom stereocenters. The van der Waals surface area contributed by atoms with Crippen molar-refractivity contribution in [1.29, 1.82) is 0 Å². The Morgan fingerprint density at radius 3 is 1.90 bits per heavy atom. The van der Waals surface area contributed by atoms with Crippen LogP contribution in [0.3, 0.4) is 0 Å². The van der Waals surface area contributed by atoms with Crippen LogP contribution in [-0.4, -0.2) is 28.0 Å². The first kappa shape index (κ1) is 14.9. The van der Waals surface area contributed by atoms with Gasteiger partial charge in [0.15, 0.2) is 0 Å². The van der Waals surface area contributed by atoms with Crippen molar-refractivity contribution in [3.63, 3.8) is 0 Å². The van der Waals surface area contributed by atoms with E-state index in [4.69, 9.17) is 4.74 Å². The van der Waals surface area contributed by atoms with Crippen molar-refractivity contribution in [2.24, 2.45) is 8.80 Å². The average molecular weight is 302 g/mol. The van der Waals surface area contributed by atoms with Gasteiger partial charge in [0.2, 0.25) is 0 Å². The normalized spacial score (nSPS) is 12.0. The van der Waals surface area contributed by atoms with Crippen LogP contribution in [0.5, 0.6) is 5.75 Å². The van der Waals surface area contributed by atoms with Gasteiger partial charge in [0, 0.05) is 12.4 Å². The molecule has 0 N–H and O–H groups in total. The third kappa shape index (κ3) is 4.85. The van der Waals surface area contributed by atoms with Crippen molar-refractivity contribution >= 4 is 22.6 Å². The molecule has 0 aliphatic rings. The molecule has 6 heteroatoms. The lowest BCUT2D eigenvalue weighted by Crippen LogP contribution is -1.94. The highest BCUT2D eigenvalue weighted by atomic mass is 32.2. The first-order chi connectivity index (χ1) is 10.1. The summed E-state index contributed by atoms with van der Waals surface area (Å²) in [4.78, 5) is 0. The van der Waals surface area contributed by atoms with Crippen LogP contribution in [0.4, 0.5) is 0 Å². The Bertz CT molecular complexity index is 736. The van der Waals surface area contributed by atoms with Crippen LogP contribution >= 0.6 is 0 Å². The van der Waals surface area contributed by atoms with Gasteiger partial charge in [-0.1, -0.05) is 30.3 Å². The van der Waals surface area contributed by atoms with E-state index in [9.17, 15) is 8.42 Å². The highest BCUT2D eigenvalue weighted by molar-refractivity contribution is 7.89. The van der Waals surface area contributed by atoms with Gasteiger partial charge < -0.3 is 4.74 Å².